The van der Waals surface area contributed by atoms with Crippen molar-refractivity contribution in [2.45, 2.75) is 26.2 Å². The molecular weight excluding hydrogens is 268 g/mol. The van der Waals surface area contributed by atoms with Crippen LogP contribution in [-0.2, 0) is 0 Å². The maximum absolute atomic E-state index is 12.7. The molecule has 1 aliphatic rings. The number of anilines is 1. The first-order valence-electron chi connectivity index (χ1n) is 7.41. The molecular formula is C16H24N2O3. The van der Waals surface area contributed by atoms with Crippen molar-refractivity contribution in [3.8, 4) is 11.5 Å². The van der Waals surface area contributed by atoms with Crippen LogP contribution in [0.15, 0.2) is 12.1 Å². The lowest BCUT2D eigenvalue weighted by Gasteiger charge is -2.19. The molecule has 0 spiro atoms. The van der Waals surface area contributed by atoms with Gasteiger partial charge in [0.1, 0.15) is 11.5 Å². The zero-order valence-corrected chi connectivity index (χ0v) is 13.0. The summed E-state index contributed by atoms with van der Waals surface area (Å²) in [5.74, 6) is 1.62. The van der Waals surface area contributed by atoms with E-state index in [0.29, 0.717) is 28.7 Å². The van der Waals surface area contributed by atoms with Crippen LogP contribution in [0, 0.1) is 5.92 Å². The van der Waals surface area contributed by atoms with Gasteiger partial charge in [-0.15, -0.1) is 0 Å². The van der Waals surface area contributed by atoms with Crippen LogP contribution in [0.1, 0.15) is 36.5 Å². The Morgan fingerprint density at radius 2 is 2.14 bits per heavy atom. The van der Waals surface area contributed by atoms with Crippen LogP contribution in [0.25, 0.3) is 0 Å². The van der Waals surface area contributed by atoms with E-state index in [1.165, 1.54) is 13.5 Å². The molecule has 1 aromatic carbocycles. The molecule has 116 valence electrons. The van der Waals surface area contributed by atoms with Crippen LogP contribution in [0.4, 0.5) is 5.69 Å². The van der Waals surface area contributed by atoms with Crippen LogP contribution in [0.5, 0.6) is 11.5 Å². The van der Waals surface area contributed by atoms with Crippen LogP contribution in [0.2, 0.25) is 0 Å². The minimum Gasteiger partial charge on any atom is -0.497 e. The summed E-state index contributed by atoms with van der Waals surface area (Å²) < 4.78 is 10.4. The van der Waals surface area contributed by atoms with Gasteiger partial charge in [-0.3, -0.25) is 4.79 Å². The zero-order chi connectivity index (χ0) is 15.4. The SMILES string of the molecule is CCCC1CCN(C(=O)c2cc(OC)cc(OC)c2N)C1. The van der Waals surface area contributed by atoms with E-state index < -0.39 is 0 Å². The second kappa shape index (κ2) is 6.70. The molecule has 1 atom stereocenters. The van der Waals surface area contributed by atoms with Crippen molar-refractivity contribution in [1.82, 2.24) is 4.90 Å². The number of nitrogen functional groups attached to an aromatic ring is 1. The van der Waals surface area contributed by atoms with Crippen molar-refractivity contribution >= 4 is 11.6 Å². The molecule has 1 aromatic rings. The largest absolute Gasteiger partial charge is 0.497 e. The van der Waals surface area contributed by atoms with Gasteiger partial charge in [0.05, 0.1) is 25.5 Å². The second-order valence-corrected chi connectivity index (χ2v) is 5.49. The molecule has 1 fully saturated rings. The Hall–Kier alpha value is -1.91. The highest BCUT2D eigenvalue weighted by atomic mass is 16.5. The minimum absolute atomic E-state index is 0.0386. The number of amides is 1. The quantitative estimate of drug-likeness (QED) is 0.847. The molecule has 1 saturated heterocycles. The molecule has 5 nitrogen and oxygen atoms in total. The van der Waals surface area contributed by atoms with Gasteiger partial charge >= 0.3 is 0 Å². The number of benzene rings is 1. The lowest BCUT2D eigenvalue weighted by atomic mass is 10.0. The number of carbonyl (C=O) groups excluding carboxylic acids is 1. The minimum atomic E-state index is -0.0386. The van der Waals surface area contributed by atoms with Crippen LogP contribution in [0.3, 0.4) is 0 Å². The maximum atomic E-state index is 12.7. The lowest BCUT2D eigenvalue weighted by molar-refractivity contribution is 0.0787. The molecule has 2 N–H and O–H groups in total. The molecule has 1 heterocycles. The van der Waals surface area contributed by atoms with Gasteiger partial charge in [0.2, 0.25) is 0 Å². The zero-order valence-electron chi connectivity index (χ0n) is 13.0. The van der Waals surface area contributed by atoms with E-state index in [0.717, 1.165) is 25.9 Å². The first-order valence-corrected chi connectivity index (χ1v) is 7.41. The lowest BCUT2D eigenvalue weighted by Crippen LogP contribution is -2.29. The highest BCUT2D eigenvalue weighted by molar-refractivity contribution is 6.01. The average Bonchev–Trinajstić information content (AvgIpc) is 2.96. The van der Waals surface area contributed by atoms with Gasteiger partial charge in [0.25, 0.3) is 5.91 Å². The first-order chi connectivity index (χ1) is 10.1. The topological polar surface area (TPSA) is 64.8 Å². The number of hydrogen-bond donors (Lipinski definition) is 1. The third-order valence-electron chi connectivity index (χ3n) is 4.07. The average molecular weight is 292 g/mol. The van der Waals surface area contributed by atoms with Crippen molar-refractivity contribution in [3.05, 3.63) is 17.7 Å². The van der Waals surface area contributed by atoms with Gasteiger partial charge in [0, 0.05) is 19.2 Å². The molecule has 2 rings (SSSR count). The van der Waals surface area contributed by atoms with Gasteiger partial charge in [-0.05, 0) is 24.8 Å². The summed E-state index contributed by atoms with van der Waals surface area (Å²) in [5.41, 5.74) is 6.89. The molecule has 0 saturated carbocycles. The van der Waals surface area contributed by atoms with Gasteiger partial charge in [-0.25, -0.2) is 0 Å². The summed E-state index contributed by atoms with van der Waals surface area (Å²) in [4.78, 5) is 14.6. The molecule has 1 aliphatic heterocycles. The normalized spacial score (nSPS) is 17.9. The van der Waals surface area contributed by atoms with Crippen LogP contribution < -0.4 is 15.2 Å². The predicted molar refractivity (Wildman–Crippen MR) is 82.9 cm³/mol. The van der Waals surface area contributed by atoms with Gasteiger partial charge in [0.15, 0.2) is 0 Å². The number of methoxy groups -OCH3 is 2. The summed E-state index contributed by atoms with van der Waals surface area (Å²) in [6.07, 6.45) is 3.39. The van der Waals surface area contributed by atoms with E-state index in [4.69, 9.17) is 15.2 Å². The van der Waals surface area contributed by atoms with Crippen molar-refractivity contribution in [3.63, 3.8) is 0 Å². The van der Waals surface area contributed by atoms with Crippen molar-refractivity contribution in [1.29, 1.82) is 0 Å². The molecule has 0 bridgehead atoms. The highest BCUT2D eigenvalue weighted by Gasteiger charge is 2.28. The fourth-order valence-corrected chi connectivity index (χ4v) is 2.90. The Morgan fingerprint density at radius 3 is 2.76 bits per heavy atom. The molecule has 0 aromatic heterocycles. The molecule has 1 unspecified atom stereocenters. The van der Waals surface area contributed by atoms with Crippen molar-refractivity contribution in [2.24, 2.45) is 5.92 Å². The summed E-state index contributed by atoms with van der Waals surface area (Å²) in [5, 5.41) is 0. The molecule has 0 aliphatic carbocycles. The van der Waals surface area contributed by atoms with E-state index in [1.807, 2.05) is 4.90 Å². The summed E-state index contributed by atoms with van der Waals surface area (Å²) in [7, 11) is 3.10. The Morgan fingerprint density at radius 1 is 1.38 bits per heavy atom. The Bertz CT molecular complexity index is 516. The van der Waals surface area contributed by atoms with Crippen LogP contribution in [-0.4, -0.2) is 38.1 Å². The number of nitrogens with two attached hydrogens (primary N) is 1. The third-order valence-corrected chi connectivity index (χ3v) is 4.07. The van der Waals surface area contributed by atoms with Gasteiger partial charge < -0.3 is 20.1 Å². The number of likely N-dealkylation sites (tertiary alicyclic amines) is 1. The van der Waals surface area contributed by atoms with Crippen LogP contribution >= 0.6 is 0 Å². The number of hydrogen-bond acceptors (Lipinski definition) is 4. The maximum Gasteiger partial charge on any atom is 0.256 e. The summed E-state index contributed by atoms with van der Waals surface area (Å²) in [6.45, 7) is 3.78. The van der Waals surface area contributed by atoms with Crippen molar-refractivity contribution < 1.29 is 14.3 Å². The fraction of sp³-hybridized carbons (Fsp3) is 0.562. The van der Waals surface area contributed by atoms with E-state index in [9.17, 15) is 4.79 Å². The van der Waals surface area contributed by atoms with E-state index in [-0.39, 0.29) is 5.91 Å². The standard InChI is InChI=1S/C16H24N2O3/c1-4-5-11-6-7-18(10-11)16(19)13-8-12(20-2)9-14(21-3)15(13)17/h8-9,11H,4-7,10,17H2,1-3H3. The smallest absolute Gasteiger partial charge is 0.256 e. The van der Waals surface area contributed by atoms with Gasteiger partial charge in [-0.1, -0.05) is 13.3 Å². The fourth-order valence-electron chi connectivity index (χ4n) is 2.90. The Labute approximate surface area is 126 Å². The Kier molecular flexibility index (Phi) is 4.94. The monoisotopic (exact) mass is 292 g/mol. The predicted octanol–water partition coefficient (Wildman–Crippen LogP) is 2.55. The van der Waals surface area contributed by atoms with Crippen molar-refractivity contribution in [2.75, 3.05) is 33.0 Å². The molecule has 5 heteroatoms. The van der Waals surface area contributed by atoms with E-state index in [2.05, 4.69) is 6.92 Å². The summed E-state index contributed by atoms with van der Waals surface area (Å²) >= 11 is 0. The number of nitrogens with zero attached hydrogens (tertiary/aromatic N) is 1. The van der Waals surface area contributed by atoms with E-state index in [1.54, 1.807) is 19.2 Å². The third kappa shape index (κ3) is 3.23. The van der Waals surface area contributed by atoms with Gasteiger partial charge in [-0.2, -0.15) is 0 Å². The highest BCUT2D eigenvalue weighted by Crippen LogP contribution is 2.33. The molecule has 0 radical (unpaired) electrons. The molecule has 21 heavy (non-hydrogen) atoms. The number of ether oxygens (including phenoxy) is 2. The number of rotatable bonds is 5. The first kappa shape index (κ1) is 15.5. The molecule has 1 amide bonds. The van der Waals surface area contributed by atoms with E-state index >= 15 is 0 Å². The number of carbonyl (C=O) groups is 1. The summed E-state index contributed by atoms with van der Waals surface area (Å²) in [6, 6.07) is 3.38. The second-order valence-electron chi connectivity index (χ2n) is 5.49. The Balaban J connectivity index is 2.23.